The zero-order valence-corrected chi connectivity index (χ0v) is 19.8. The maximum absolute atomic E-state index is 13.8. The summed E-state index contributed by atoms with van der Waals surface area (Å²) in [6, 6.07) is 24.9. The molecular formula is C28H23N3O2S. The summed E-state index contributed by atoms with van der Waals surface area (Å²) in [6.07, 6.45) is 3.50. The molecule has 2 heterocycles. The van der Waals surface area contributed by atoms with Gasteiger partial charge in [0.25, 0.3) is 5.91 Å². The third-order valence-corrected chi connectivity index (χ3v) is 6.44. The van der Waals surface area contributed by atoms with E-state index < -0.39 is 0 Å². The molecule has 0 saturated heterocycles. The molecule has 0 aliphatic rings. The Morgan fingerprint density at radius 1 is 0.941 bits per heavy atom. The first-order valence-corrected chi connectivity index (χ1v) is 11.8. The first-order chi connectivity index (χ1) is 16.6. The van der Waals surface area contributed by atoms with Gasteiger partial charge in [-0.2, -0.15) is 0 Å². The van der Waals surface area contributed by atoms with E-state index in [1.165, 1.54) is 16.9 Å². The van der Waals surface area contributed by atoms with Crippen molar-refractivity contribution in [2.24, 2.45) is 0 Å². The standard InChI is InChI=1S/C28H23N3O2S/c1-19-14-20(2)26-25(15-19)34-28(30-26)31(18-21-8-7-13-29-17-21)27(32)22-9-6-12-24(16-22)33-23-10-4-3-5-11-23/h3-17H,18H2,1-2H3. The number of nitrogens with zero attached hydrogens (tertiary/aromatic N) is 3. The summed E-state index contributed by atoms with van der Waals surface area (Å²) >= 11 is 1.53. The van der Waals surface area contributed by atoms with E-state index in [1.807, 2.05) is 54.6 Å². The molecule has 5 aromatic rings. The van der Waals surface area contributed by atoms with Crippen molar-refractivity contribution in [3.63, 3.8) is 0 Å². The Hall–Kier alpha value is -4.03. The summed E-state index contributed by atoms with van der Waals surface area (Å²) in [6.45, 7) is 4.49. The van der Waals surface area contributed by atoms with Crippen molar-refractivity contribution in [2.75, 3.05) is 4.90 Å². The smallest absolute Gasteiger partial charge is 0.260 e. The summed E-state index contributed by atoms with van der Waals surface area (Å²) in [5.41, 5.74) is 4.67. The van der Waals surface area contributed by atoms with Crippen molar-refractivity contribution in [3.05, 3.63) is 114 Å². The number of aryl methyl sites for hydroxylation is 2. The van der Waals surface area contributed by atoms with Gasteiger partial charge in [0.15, 0.2) is 5.13 Å². The summed E-state index contributed by atoms with van der Waals surface area (Å²) in [7, 11) is 0. The fourth-order valence-corrected chi connectivity index (χ4v) is 4.99. The minimum Gasteiger partial charge on any atom is -0.457 e. The Morgan fingerprint density at radius 2 is 1.76 bits per heavy atom. The molecule has 0 aliphatic carbocycles. The number of benzene rings is 3. The number of thiazole rings is 1. The molecule has 1 amide bonds. The second kappa shape index (κ2) is 9.45. The molecule has 0 unspecified atom stereocenters. The normalized spacial score (nSPS) is 10.9. The molecule has 168 valence electrons. The molecule has 0 radical (unpaired) electrons. The van der Waals surface area contributed by atoms with Gasteiger partial charge in [-0.3, -0.25) is 14.7 Å². The molecule has 5 rings (SSSR count). The van der Waals surface area contributed by atoms with Crippen molar-refractivity contribution >= 4 is 32.6 Å². The Labute approximate surface area is 202 Å². The number of hydrogen-bond donors (Lipinski definition) is 0. The van der Waals surface area contributed by atoms with Crippen molar-refractivity contribution in [1.29, 1.82) is 0 Å². The zero-order chi connectivity index (χ0) is 23.5. The third-order valence-electron chi connectivity index (χ3n) is 5.42. The molecule has 34 heavy (non-hydrogen) atoms. The molecular weight excluding hydrogens is 442 g/mol. The number of carbonyl (C=O) groups excluding carboxylic acids is 1. The van der Waals surface area contributed by atoms with E-state index >= 15 is 0 Å². The molecule has 0 aliphatic heterocycles. The molecule has 5 nitrogen and oxygen atoms in total. The van der Waals surface area contributed by atoms with Crippen LogP contribution in [0.5, 0.6) is 11.5 Å². The monoisotopic (exact) mass is 465 g/mol. The first-order valence-electron chi connectivity index (χ1n) is 11.0. The molecule has 0 N–H and O–H groups in total. The second-order valence-electron chi connectivity index (χ2n) is 8.12. The lowest BCUT2D eigenvalue weighted by Crippen LogP contribution is -2.30. The number of rotatable bonds is 6. The lowest BCUT2D eigenvalue weighted by atomic mass is 10.1. The molecule has 6 heteroatoms. The Balaban J connectivity index is 1.52. The summed E-state index contributed by atoms with van der Waals surface area (Å²) in [5.74, 6) is 1.18. The number of aromatic nitrogens is 2. The predicted octanol–water partition coefficient (Wildman–Crippen LogP) is 6.95. The fraction of sp³-hybridized carbons (Fsp3) is 0.107. The molecule has 0 bridgehead atoms. The van der Waals surface area contributed by atoms with Gasteiger partial charge in [0, 0.05) is 18.0 Å². The number of para-hydroxylation sites is 1. The van der Waals surface area contributed by atoms with E-state index in [1.54, 1.807) is 29.4 Å². The van der Waals surface area contributed by atoms with Crippen molar-refractivity contribution in [1.82, 2.24) is 9.97 Å². The van der Waals surface area contributed by atoms with E-state index in [2.05, 4.69) is 31.0 Å². The van der Waals surface area contributed by atoms with Crippen LogP contribution < -0.4 is 9.64 Å². The van der Waals surface area contributed by atoms with E-state index in [-0.39, 0.29) is 5.91 Å². The van der Waals surface area contributed by atoms with Crippen LogP contribution >= 0.6 is 11.3 Å². The van der Waals surface area contributed by atoms with Crippen LogP contribution in [0.4, 0.5) is 5.13 Å². The minimum atomic E-state index is -0.143. The number of hydrogen-bond acceptors (Lipinski definition) is 5. The van der Waals surface area contributed by atoms with Gasteiger partial charge in [0.2, 0.25) is 0 Å². The number of ether oxygens (including phenoxy) is 1. The maximum atomic E-state index is 13.8. The van der Waals surface area contributed by atoms with E-state index in [4.69, 9.17) is 9.72 Å². The predicted molar refractivity (Wildman–Crippen MR) is 137 cm³/mol. The molecule has 0 spiro atoms. The minimum absolute atomic E-state index is 0.143. The lowest BCUT2D eigenvalue weighted by Gasteiger charge is -2.20. The molecule has 2 aromatic heterocycles. The third kappa shape index (κ3) is 4.67. The summed E-state index contributed by atoms with van der Waals surface area (Å²) < 4.78 is 7.02. The summed E-state index contributed by atoms with van der Waals surface area (Å²) in [5, 5.41) is 0.659. The van der Waals surface area contributed by atoms with Gasteiger partial charge in [-0.05, 0) is 73.0 Å². The number of anilines is 1. The number of pyridine rings is 1. The van der Waals surface area contributed by atoms with Crippen LogP contribution in [-0.2, 0) is 6.54 Å². The summed E-state index contributed by atoms with van der Waals surface area (Å²) in [4.78, 5) is 24.6. The number of fused-ring (bicyclic) bond motifs is 1. The molecule has 3 aromatic carbocycles. The van der Waals surface area contributed by atoms with Crippen molar-refractivity contribution in [3.8, 4) is 11.5 Å². The van der Waals surface area contributed by atoms with Crippen LogP contribution in [0.1, 0.15) is 27.0 Å². The van der Waals surface area contributed by atoms with Gasteiger partial charge in [-0.25, -0.2) is 4.98 Å². The second-order valence-corrected chi connectivity index (χ2v) is 9.13. The van der Waals surface area contributed by atoms with Gasteiger partial charge in [0.05, 0.1) is 16.8 Å². The number of amides is 1. The Kier molecular flexibility index (Phi) is 6.06. The van der Waals surface area contributed by atoms with Gasteiger partial charge < -0.3 is 4.74 Å². The zero-order valence-electron chi connectivity index (χ0n) is 18.9. The van der Waals surface area contributed by atoms with Crippen LogP contribution in [0.15, 0.2) is 91.3 Å². The average Bonchev–Trinajstić information content (AvgIpc) is 3.28. The Bertz CT molecular complexity index is 1450. The highest BCUT2D eigenvalue weighted by Gasteiger charge is 2.23. The van der Waals surface area contributed by atoms with Crippen molar-refractivity contribution < 1.29 is 9.53 Å². The highest BCUT2D eigenvalue weighted by molar-refractivity contribution is 7.22. The molecule has 0 atom stereocenters. The molecule has 0 fully saturated rings. The maximum Gasteiger partial charge on any atom is 0.260 e. The average molecular weight is 466 g/mol. The van der Waals surface area contributed by atoms with Gasteiger partial charge in [-0.15, -0.1) is 0 Å². The van der Waals surface area contributed by atoms with Gasteiger partial charge >= 0.3 is 0 Å². The highest BCUT2D eigenvalue weighted by Crippen LogP contribution is 2.33. The first kappa shape index (κ1) is 21.8. The van der Waals surface area contributed by atoms with Crippen LogP contribution in [0.25, 0.3) is 10.2 Å². The van der Waals surface area contributed by atoms with E-state index in [0.717, 1.165) is 27.1 Å². The SMILES string of the molecule is Cc1cc(C)c2nc(N(Cc3cccnc3)C(=O)c3cccc(Oc4ccccc4)c3)sc2c1. The van der Waals surface area contributed by atoms with Gasteiger partial charge in [0.1, 0.15) is 11.5 Å². The fourth-order valence-electron chi connectivity index (χ4n) is 3.85. The van der Waals surface area contributed by atoms with E-state index in [9.17, 15) is 4.79 Å². The van der Waals surface area contributed by atoms with Crippen LogP contribution in [0.3, 0.4) is 0 Å². The quantitative estimate of drug-likeness (QED) is 0.272. The van der Waals surface area contributed by atoms with Crippen LogP contribution in [0.2, 0.25) is 0 Å². The topological polar surface area (TPSA) is 55.3 Å². The van der Waals surface area contributed by atoms with Crippen LogP contribution in [0, 0.1) is 13.8 Å². The lowest BCUT2D eigenvalue weighted by molar-refractivity contribution is 0.0985. The van der Waals surface area contributed by atoms with E-state index in [0.29, 0.717) is 23.0 Å². The van der Waals surface area contributed by atoms with Crippen molar-refractivity contribution in [2.45, 2.75) is 20.4 Å². The molecule has 0 saturated carbocycles. The number of carbonyl (C=O) groups is 1. The Morgan fingerprint density at radius 3 is 2.56 bits per heavy atom. The largest absolute Gasteiger partial charge is 0.457 e. The van der Waals surface area contributed by atoms with Gasteiger partial charge in [-0.1, -0.05) is 47.7 Å². The highest BCUT2D eigenvalue weighted by atomic mass is 32.1. The van der Waals surface area contributed by atoms with Crippen LogP contribution in [-0.4, -0.2) is 15.9 Å².